The molecule has 2 rings (SSSR count). The van der Waals surface area contributed by atoms with Crippen molar-refractivity contribution in [3.05, 3.63) is 16.1 Å². The minimum absolute atomic E-state index is 0.454. The van der Waals surface area contributed by atoms with Crippen LogP contribution in [0.25, 0.3) is 0 Å². The first-order valence-corrected chi connectivity index (χ1v) is 8.29. The molecule has 4 heteroatoms. The van der Waals surface area contributed by atoms with Gasteiger partial charge in [-0.3, -0.25) is 0 Å². The fourth-order valence-corrected chi connectivity index (χ4v) is 3.12. The van der Waals surface area contributed by atoms with E-state index in [0.717, 1.165) is 23.2 Å². The maximum absolute atomic E-state index is 5.98. The normalized spacial score (nSPS) is 24.0. The molecule has 1 aromatic rings. The summed E-state index contributed by atoms with van der Waals surface area (Å²) in [6, 6.07) is 0.507. The molecule has 0 radical (unpaired) electrons. The van der Waals surface area contributed by atoms with Crippen LogP contribution >= 0.6 is 11.3 Å². The molecule has 108 valence electrons. The first-order valence-electron chi connectivity index (χ1n) is 7.41. The summed E-state index contributed by atoms with van der Waals surface area (Å²) in [7, 11) is 0. The zero-order chi connectivity index (χ0) is 13.7. The van der Waals surface area contributed by atoms with Gasteiger partial charge in [0.2, 0.25) is 0 Å². The number of thiazole rings is 1. The average molecular weight is 282 g/mol. The second kappa shape index (κ2) is 7.36. The number of aromatic nitrogens is 1. The summed E-state index contributed by atoms with van der Waals surface area (Å²) in [6.45, 7) is 8.19. The predicted molar refractivity (Wildman–Crippen MR) is 80.3 cm³/mol. The van der Waals surface area contributed by atoms with Gasteiger partial charge in [0.25, 0.3) is 0 Å². The van der Waals surface area contributed by atoms with Crippen LogP contribution in [-0.2, 0) is 17.9 Å². The number of ether oxygens (including phenoxy) is 1. The quantitative estimate of drug-likeness (QED) is 0.863. The summed E-state index contributed by atoms with van der Waals surface area (Å²) < 4.78 is 5.98. The van der Waals surface area contributed by atoms with Gasteiger partial charge >= 0.3 is 0 Å². The van der Waals surface area contributed by atoms with Gasteiger partial charge in [0, 0.05) is 18.0 Å². The molecular weight excluding hydrogens is 256 g/mol. The summed E-state index contributed by atoms with van der Waals surface area (Å²) in [4.78, 5) is 4.61. The van der Waals surface area contributed by atoms with Gasteiger partial charge in [-0.05, 0) is 31.6 Å². The molecule has 0 unspecified atom stereocenters. The Morgan fingerprint density at radius 2 is 2.11 bits per heavy atom. The van der Waals surface area contributed by atoms with Gasteiger partial charge in [-0.2, -0.15) is 0 Å². The Balaban J connectivity index is 1.71. The Labute approximate surface area is 120 Å². The minimum atomic E-state index is 0.454. The Kier molecular flexibility index (Phi) is 5.79. The van der Waals surface area contributed by atoms with E-state index in [2.05, 4.69) is 36.5 Å². The molecule has 0 saturated heterocycles. The minimum Gasteiger partial charge on any atom is -0.372 e. The van der Waals surface area contributed by atoms with Crippen LogP contribution in [-0.4, -0.2) is 17.1 Å². The van der Waals surface area contributed by atoms with Crippen molar-refractivity contribution in [3.8, 4) is 0 Å². The highest BCUT2D eigenvalue weighted by atomic mass is 32.1. The number of nitrogens with zero attached hydrogens (tertiary/aromatic N) is 1. The molecule has 1 heterocycles. The van der Waals surface area contributed by atoms with Crippen molar-refractivity contribution < 1.29 is 4.74 Å². The molecule has 1 aliphatic rings. The molecule has 0 aromatic carbocycles. The van der Waals surface area contributed by atoms with Crippen LogP contribution in [0.4, 0.5) is 0 Å². The summed E-state index contributed by atoms with van der Waals surface area (Å²) in [5.74, 6) is 0.882. The molecule has 1 N–H and O–H groups in total. The van der Waals surface area contributed by atoms with Crippen LogP contribution < -0.4 is 5.32 Å². The van der Waals surface area contributed by atoms with Crippen LogP contribution in [0.5, 0.6) is 0 Å². The second-order valence-electron chi connectivity index (χ2n) is 5.96. The van der Waals surface area contributed by atoms with E-state index in [1.165, 1.54) is 25.7 Å². The Hall–Kier alpha value is -0.450. The number of nitrogens with one attached hydrogen (secondary N) is 1. The molecule has 19 heavy (non-hydrogen) atoms. The molecule has 0 atom stereocenters. The fraction of sp³-hybridized carbons (Fsp3) is 0.800. The number of rotatable bonds is 6. The fourth-order valence-electron chi connectivity index (χ4n) is 2.39. The van der Waals surface area contributed by atoms with Crippen molar-refractivity contribution in [1.29, 1.82) is 0 Å². The van der Waals surface area contributed by atoms with E-state index in [1.807, 2.05) is 0 Å². The number of hydrogen-bond acceptors (Lipinski definition) is 4. The zero-order valence-electron chi connectivity index (χ0n) is 12.3. The third-order valence-electron chi connectivity index (χ3n) is 3.69. The second-order valence-corrected chi connectivity index (χ2v) is 6.90. The van der Waals surface area contributed by atoms with Gasteiger partial charge in [-0.15, -0.1) is 11.3 Å². The molecule has 0 spiro atoms. The molecule has 1 fully saturated rings. The number of hydrogen-bond donors (Lipinski definition) is 1. The zero-order valence-corrected chi connectivity index (χ0v) is 13.1. The molecular formula is C15H26N2OS. The molecule has 0 bridgehead atoms. The van der Waals surface area contributed by atoms with Gasteiger partial charge in [0.15, 0.2) is 0 Å². The van der Waals surface area contributed by atoms with E-state index >= 15 is 0 Å². The average Bonchev–Trinajstić information content (AvgIpc) is 2.84. The van der Waals surface area contributed by atoms with Crippen molar-refractivity contribution in [3.63, 3.8) is 0 Å². The Morgan fingerprint density at radius 1 is 1.37 bits per heavy atom. The lowest BCUT2D eigenvalue weighted by molar-refractivity contribution is 0.00744. The van der Waals surface area contributed by atoms with Crippen LogP contribution in [0.15, 0.2) is 5.38 Å². The van der Waals surface area contributed by atoms with E-state index in [-0.39, 0.29) is 0 Å². The predicted octanol–water partition coefficient (Wildman–Crippen LogP) is 3.74. The van der Waals surface area contributed by atoms with E-state index < -0.39 is 0 Å². The van der Waals surface area contributed by atoms with E-state index in [1.54, 1.807) is 11.3 Å². The summed E-state index contributed by atoms with van der Waals surface area (Å²) >= 11 is 1.72. The lowest BCUT2D eigenvalue weighted by Gasteiger charge is -2.25. The summed E-state index contributed by atoms with van der Waals surface area (Å²) in [6.07, 6.45) is 5.51. The van der Waals surface area contributed by atoms with Gasteiger partial charge in [0.05, 0.1) is 18.4 Å². The van der Waals surface area contributed by atoms with E-state index in [9.17, 15) is 0 Å². The van der Waals surface area contributed by atoms with Crippen molar-refractivity contribution in [2.75, 3.05) is 0 Å². The van der Waals surface area contributed by atoms with Gasteiger partial charge < -0.3 is 10.1 Å². The SMILES string of the molecule is CC1CCC(OCc2csc(CNC(C)C)n2)CC1. The topological polar surface area (TPSA) is 34.1 Å². The van der Waals surface area contributed by atoms with Gasteiger partial charge in [-0.25, -0.2) is 4.98 Å². The van der Waals surface area contributed by atoms with Crippen molar-refractivity contribution >= 4 is 11.3 Å². The molecule has 0 aliphatic heterocycles. The highest BCUT2D eigenvalue weighted by Gasteiger charge is 2.18. The summed E-state index contributed by atoms with van der Waals surface area (Å²) in [5, 5.41) is 6.68. The lowest BCUT2D eigenvalue weighted by atomic mass is 9.89. The third kappa shape index (κ3) is 5.21. The third-order valence-corrected chi connectivity index (χ3v) is 4.59. The van der Waals surface area contributed by atoms with E-state index in [4.69, 9.17) is 4.74 Å². The molecule has 3 nitrogen and oxygen atoms in total. The highest BCUT2D eigenvalue weighted by molar-refractivity contribution is 7.09. The maximum atomic E-state index is 5.98. The molecule has 1 saturated carbocycles. The monoisotopic (exact) mass is 282 g/mol. The lowest BCUT2D eigenvalue weighted by Crippen LogP contribution is -2.22. The van der Waals surface area contributed by atoms with Crippen molar-refractivity contribution in [2.24, 2.45) is 5.92 Å². The molecule has 0 amide bonds. The standard InChI is InChI=1S/C15H26N2OS/c1-11(2)16-8-15-17-13(10-19-15)9-18-14-6-4-12(3)5-7-14/h10-12,14,16H,4-9H2,1-3H3. The highest BCUT2D eigenvalue weighted by Crippen LogP contribution is 2.26. The van der Waals surface area contributed by atoms with Crippen LogP contribution in [0, 0.1) is 5.92 Å². The maximum Gasteiger partial charge on any atom is 0.107 e. The smallest absolute Gasteiger partial charge is 0.107 e. The van der Waals surface area contributed by atoms with Gasteiger partial charge in [-0.1, -0.05) is 20.8 Å². The molecule has 1 aromatic heterocycles. The molecule has 1 aliphatic carbocycles. The van der Waals surface area contributed by atoms with Crippen molar-refractivity contribution in [2.45, 2.75) is 71.8 Å². The Morgan fingerprint density at radius 3 is 2.79 bits per heavy atom. The van der Waals surface area contributed by atoms with Crippen LogP contribution in [0.3, 0.4) is 0 Å². The summed E-state index contributed by atoms with van der Waals surface area (Å²) in [5.41, 5.74) is 1.09. The Bertz CT molecular complexity index is 370. The largest absolute Gasteiger partial charge is 0.372 e. The van der Waals surface area contributed by atoms with Crippen LogP contribution in [0.2, 0.25) is 0 Å². The first-order chi connectivity index (χ1) is 9.13. The van der Waals surface area contributed by atoms with Gasteiger partial charge in [0.1, 0.15) is 5.01 Å². The first kappa shape index (κ1) is 14.9. The van der Waals surface area contributed by atoms with Crippen LogP contribution in [0.1, 0.15) is 57.2 Å². The van der Waals surface area contributed by atoms with Crippen molar-refractivity contribution in [1.82, 2.24) is 10.3 Å². The van der Waals surface area contributed by atoms with E-state index in [0.29, 0.717) is 18.8 Å².